The molecule has 0 aliphatic rings. The van der Waals surface area contributed by atoms with E-state index in [0.29, 0.717) is 12.3 Å². The molecule has 0 aromatic heterocycles. The highest BCUT2D eigenvalue weighted by molar-refractivity contribution is 5.85. The number of hydrogen-bond donors (Lipinski definition) is 1. The second-order valence-corrected chi connectivity index (χ2v) is 3.76. The smallest absolute Gasteiger partial charge is 0.330 e. The molecule has 0 aliphatic heterocycles. The Bertz CT molecular complexity index is 341. The number of carbonyl (C=O) groups is 1. The predicted octanol–water partition coefficient (Wildman–Crippen LogP) is 3.21. The zero-order valence-electron chi connectivity index (χ0n) is 8.94. The Morgan fingerprint density at radius 2 is 2.00 bits per heavy atom. The molecule has 1 unspecified atom stereocenters. The fourth-order valence-electron chi connectivity index (χ4n) is 1.45. The van der Waals surface area contributed by atoms with Gasteiger partial charge in [-0.15, -0.1) is 0 Å². The highest BCUT2D eigenvalue weighted by atomic mass is 16.4. The highest BCUT2D eigenvalue weighted by Gasteiger charge is 2.08. The standard InChI is InChI=1S/C13H16O2/c1-10(8-9-11(2)13(14)15)12-6-4-3-5-7-12/h3-7,10H,2,8-9H2,1H3,(H,14,15). The molecule has 1 aromatic carbocycles. The minimum absolute atomic E-state index is 0.290. The normalized spacial score (nSPS) is 12.1. The molecule has 0 fully saturated rings. The molecule has 0 bridgehead atoms. The fraction of sp³-hybridized carbons (Fsp3) is 0.308. The van der Waals surface area contributed by atoms with E-state index in [-0.39, 0.29) is 5.57 Å². The van der Waals surface area contributed by atoms with Gasteiger partial charge in [-0.2, -0.15) is 0 Å². The average molecular weight is 204 g/mol. The lowest BCUT2D eigenvalue weighted by Gasteiger charge is -2.11. The Kier molecular flexibility index (Phi) is 4.10. The summed E-state index contributed by atoms with van der Waals surface area (Å²) >= 11 is 0. The first-order valence-electron chi connectivity index (χ1n) is 5.07. The molecular formula is C13H16O2. The molecule has 1 aromatic rings. The third-order valence-electron chi connectivity index (χ3n) is 2.55. The van der Waals surface area contributed by atoms with Crippen LogP contribution in [0.1, 0.15) is 31.2 Å². The van der Waals surface area contributed by atoms with Crippen LogP contribution in [0.2, 0.25) is 0 Å². The summed E-state index contributed by atoms with van der Waals surface area (Å²) in [4.78, 5) is 10.5. The topological polar surface area (TPSA) is 37.3 Å². The molecule has 0 spiro atoms. The molecule has 0 heterocycles. The van der Waals surface area contributed by atoms with Crippen molar-refractivity contribution < 1.29 is 9.90 Å². The van der Waals surface area contributed by atoms with Crippen LogP contribution in [0.4, 0.5) is 0 Å². The molecule has 1 rings (SSSR count). The molecule has 0 amide bonds. The van der Waals surface area contributed by atoms with Gasteiger partial charge in [0.25, 0.3) is 0 Å². The summed E-state index contributed by atoms with van der Waals surface area (Å²) in [7, 11) is 0. The average Bonchev–Trinajstić information content (AvgIpc) is 2.26. The van der Waals surface area contributed by atoms with Gasteiger partial charge in [-0.1, -0.05) is 43.8 Å². The first-order valence-corrected chi connectivity index (χ1v) is 5.07. The number of benzene rings is 1. The van der Waals surface area contributed by atoms with Crippen LogP contribution in [-0.2, 0) is 4.79 Å². The minimum Gasteiger partial charge on any atom is -0.478 e. The number of aliphatic carboxylic acids is 1. The van der Waals surface area contributed by atoms with Gasteiger partial charge in [0.05, 0.1) is 0 Å². The summed E-state index contributed by atoms with van der Waals surface area (Å²) < 4.78 is 0. The van der Waals surface area contributed by atoms with Gasteiger partial charge in [-0.25, -0.2) is 4.79 Å². The van der Waals surface area contributed by atoms with Gasteiger partial charge in [-0.3, -0.25) is 0 Å². The van der Waals surface area contributed by atoms with Gasteiger partial charge in [0.2, 0.25) is 0 Å². The Morgan fingerprint density at radius 1 is 1.40 bits per heavy atom. The van der Waals surface area contributed by atoms with Crippen molar-refractivity contribution in [1.82, 2.24) is 0 Å². The fourth-order valence-corrected chi connectivity index (χ4v) is 1.45. The first kappa shape index (κ1) is 11.5. The summed E-state index contributed by atoms with van der Waals surface area (Å²) in [5.74, 6) is -0.516. The largest absolute Gasteiger partial charge is 0.478 e. The van der Waals surface area contributed by atoms with Crippen LogP contribution in [0.25, 0.3) is 0 Å². The van der Waals surface area contributed by atoms with Crippen molar-refractivity contribution in [3.8, 4) is 0 Å². The van der Waals surface area contributed by atoms with Crippen molar-refractivity contribution in [2.45, 2.75) is 25.7 Å². The zero-order valence-corrected chi connectivity index (χ0v) is 8.94. The lowest BCUT2D eigenvalue weighted by molar-refractivity contribution is -0.132. The molecule has 0 aliphatic carbocycles. The lowest BCUT2D eigenvalue weighted by atomic mass is 9.94. The van der Waals surface area contributed by atoms with Gasteiger partial charge in [0.1, 0.15) is 0 Å². The minimum atomic E-state index is -0.893. The van der Waals surface area contributed by atoms with Gasteiger partial charge in [0, 0.05) is 5.57 Å². The summed E-state index contributed by atoms with van der Waals surface area (Å²) in [6, 6.07) is 10.1. The zero-order chi connectivity index (χ0) is 11.3. The maximum absolute atomic E-state index is 10.5. The molecule has 2 heteroatoms. The Balaban J connectivity index is 2.47. The second kappa shape index (κ2) is 5.35. The van der Waals surface area contributed by atoms with E-state index in [0.717, 1.165) is 6.42 Å². The predicted molar refractivity (Wildman–Crippen MR) is 60.9 cm³/mol. The molecule has 15 heavy (non-hydrogen) atoms. The van der Waals surface area contributed by atoms with Crippen LogP contribution in [0.15, 0.2) is 42.5 Å². The molecular weight excluding hydrogens is 188 g/mol. The number of carboxylic acid groups (broad SMARTS) is 1. The molecule has 0 saturated carbocycles. The number of rotatable bonds is 5. The van der Waals surface area contributed by atoms with E-state index in [4.69, 9.17) is 5.11 Å². The summed E-state index contributed by atoms with van der Waals surface area (Å²) in [6.45, 7) is 5.62. The van der Waals surface area contributed by atoms with Crippen LogP contribution in [0, 0.1) is 0 Å². The molecule has 80 valence electrons. The summed E-state index contributed by atoms with van der Waals surface area (Å²) in [5.41, 5.74) is 1.54. The van der Waals surface area contributed by atoms with Crippen LogP contribution in [0.3, 0.4) is 0 Å². The summed E-state index contributed by atoms with van der Waals surface area (Å²) in [5, 5.41) is 8.67. The maximum Gasteiger partial charge on any atom is 0.330 e. The molecule has 2 nitrogen and oxygen atoms in total. The lowest BCUT2D eigenvalue weighted by Crippen LogP contribution is -2.01. The third kappa shape index (κ3) is 3.58. The Hall–Kier alpha value is -1.57. The monoisotopic (exact) mass is 204 g/mol. The molecule has 1 N–H and O–H groups in total. The third-order valence-corrected chi connectivity index (χ3v) is 2.55. The summed E-state index contributed by atoms with van der Waals surface area (Å²) in [6.07, 6.45) is 1.38. The van der Waals surface area contributed by atoms with E-state index in [1.54, 1.807) is 0 Å². The SMILES string of the molecule is C=C(CCC(C)c1ccccc1)C(=O)O. The van der Waals surface area contributed by atoms with Crippen LogP contribution < -0.4 is 0 Å². The molecule has 0 saturated heterocycles. The van der Waals surface area contributed by atoms with E-state index in [9.17, 15) is 4.79 Å². The highest BCUT2D eigenvalue weighted by Crippen LogP contribution is 2.21. The van der Waals surface area contributed by atoms with E-state index >= 15 is 0 Å². The van der Waals surface area contributed by atoms with Crippen molar-refractivity contribution in [2.24, 2.45) is 0 Å². The molecule has 1 atom stereocenters. The van der Waals surface area contributed by atoms with Gasteiger partial charge in [-0.05, 0) is 24.3 Å². The Labute approximate surface area is 90.3 Å². The van der Waals surface area contributed by atoms with E-state index in [1.165, 1.54) is 5.56 Å². The molecule has 0 radical (unpaired) electrons. The van der Waals surface area contributed by atoms with Gasteiger partial charge in [0.15, 0.2) is 0 Å². The number of hydrogen-bond acceptors (Lipinski definition) is 1. The van der Waals surface area contributed by atoms with E-state index < -0.39 is 5.97 Å². The van der Waals surface area contributed by atoms with Crippen LogP contribution in [-0.4, -0.2) is 11.1 Å². The van der Waals surface area contributed by atoms with Gasteiger partial charge >= 0.3 is 5.97 Å². The van der Waals surface area contributed by atoms with Crippen molar-refractivity contribution in [2.75, 3.05) is 0 Å². The Morgan fingerprint density at radius 3 is 2.53 bits per heavy atom. The van der Waals surface area contributed by atoms with Crippen molar-refractivity contribution >= 4 is 5.97 Å². The second-order valence-electron chi connectivity index (χ2n) is 3.76. The van der Waals surface area contributed by atoms with E-state index in [2.05, 4.69) is 25.6 Å². The number of carboxylic acids is 1. The first-order chi connectivity index (χ1) is 7.11. The van der Waals surface area contributed by atoms with Crippen molar-refractivity contribution in [3.63, 3.8) is 0 Å². The van der Waals surface area contributed by atoms with Crippen molar-refractivity contribution in [1.29, 1.82) is 0 Å². The quantitative estimate of drug-likeness (QED) is 0.748. The van der Waals surface area contributed by atoms with E-state index in [1.807, 2.05) is 18.2 Å². The van der Waals surface area contributed by atoms with Crippen LogP contribution >= 0.6 is 0 Å². The van der Waals surface area contributed by atoms with Crippen LogP contribution in [0.5, 0.6) is 0 Å². The van der Waals surface area contributed by atoms with Crippen molar-refractivity contribution in [3.05, 3.63) is 48.0 Å². The maximum atomic E-state index is 10.5. The van der Waals surface area contributed by atoms with Gasteiger partial charge < -0.3 is 5.11 Å².